The first kappa shape index (κ1) is 15.5. The SMILES string of the molecule is Cc1c(CN=[N+]=[N-])cc(S(=O)(=O)F)c(C)c1B(O)O. The first-order chi connectivity index (χ1) is 8.70. The van der Waals surface area contributed by atoms with Crippen molar-refractivity contribution in [2.45, 2.75) is 25.3 Å². The van der Waals surface area contributed by atoms with Gasteiger partial charge in [0.15, 0.2) is 0 Å². The summed E-state index contributed by atoms with van der Waals surface area (Å²) >= 11 is 0. The van der Waals surface area contributed by atoms with Crippen LogP contribution in [-0.2, 0) is 16.8 Å². The van der Waals surface area contributed by atoms with E-state index in [1.165, 1.54) is 13.8 Å². The predicted octanol–water partition coefficient (Wildman–Crippen LogP) is 0.452. The molecule has 0 aromatic heterocycles. The highest BCUT2D eigenvalue weighted by molar-refractivity contribution is 7.86. The summed E-state index contributed by atoms with van der Waals surface area (Å²) < 4.78 is 35.2. The molecule has 0 bridgehead atoms. The molecule has 0 fully saturated rings. The molecular formula is C9H11BFN3O4S. The molecule has 0 unspecified atom stereocenters. The molecule has 10 heteroatoms. The van der Waals surface area contributed by atoms with Gasteiger partial charge < -0.3 is 10.0 Å². The van der Waals surface area contributed by atoms with Gasteiger partial charge in [0, 0.05) is 4.91 Å². The molecule has 7 nitrogen and oxygen atoms in total. The summed E-state index contributed by atoms with van der Waals surface area (Å²) in [5.74, 6) is 0. The summed E-state index contributed by atoms with van der Waals surface area (Å²) in [5.41, 5.74) is 8.61. The number of benzene rings is 1. The fourth-order valence-corrected chi connectivity index (χ4v) is 2.63. The van der Waals surface area contributed by atoms with E-state index in [1.807, 2.05) is 0 Å². The molecule has 0 heterocycles. The third-order valence-electron chi connectivity index (χ3n) is 2.79. The molecule has 0 aliphatic carbocycles. The minimum Gasteiger partial charge on any atom is -0.423 e. The number of rotatable bonds is 4. The Morgan fingerprint density at radius 3 is 2.42 bits per heavy atom. The van der Waals surface area contributed by atoms with Crippen molar-refractivity contribution in [2.24, 2.45) is 5.11 Å². The Kier molecular flexibility index (Phi) is 4.54. The Balaban J connectivity index is 3.69. The summed E-state index contributed by atoms with van der Waals surface area (Å²) in [6.45, 7) is 2.55. The molecule has 0 radical (unpaired) electrons. The second kappa shape index (κ2) is 5.58. The summed E-state index contributed by atoms with van der Waals surface area (Å²) in [6, 6.07) is 1.03. The predicted molar refractivity (Wildman–Crippen MR) is 66.9 cm³/mol. The Bertz CT molecular complexity index is 656. The number of nitrogens with zero attached hydrogens (tertiary/aromatic N) is 3. The first-order valence-electron chi connectivity index (χ1n) is 5.14. The molecule has 0 aliphatic rings. The smallest absolute Gasteiger partial charge is 0.423 e. The van der Waals surface area contributed by atoms with E-state index in [2.05, 4.69) is 10.0 Å². The lowest BCUT2D eigenvalue weighted by atomic mass is 9.73. The molecule has 0 aliphatic heterocycles. The Hall–Kier alpha value is -1.61. The molecule has 102 valence electrons. The first-order valence-corrected chi connectivity index (χ1v) is 6.53. The van der Waals surface area contributed by atoms with E-state index in [9.17, 15) is 22.4 Å². The van der Waals surface area contributed by atoms with Gasteiger partial charge in [0.05, 0.1) is 6.54 Å². The van der Waals surface area contributed by atoms with Crippen LogP contribution in [0.2, 0.25) is 0 Å². The highest BCUT2D eigenvalue weighted by atomic mass is 32.3. The average Bonchev–Trinajstić information content (AvgIpc) is 2.25. The Morgan fingerprint density at radius 1 is 1.42 bits per heavy atom. The molecule has 0 amide bonds. The van der Waals surface area contributed by atoms with Crippen LogP contribution in [0.1, 0.15) is 16.7 Å². The standard InChI is InChI=1S/C9H11BFN3O4S/c1-5-7(4-13-14-12)3-8(19(11,17)18)6(2)9(5)10(15)16/h3,15-16H,4H2,1-2H3. The maximum absolute atomic E-state index is 13.2. The lowest BCUT2D eigenvalue weighted by molar-refractivity contribution is 0.425. The van der Waals surface area contributed by atoms with Gasteiger partial charge in [0.25, 0.3) is 0 Å². The van der Waals surface area contributed by atoms with E-state index in [-0.39, 0.29) is 23.1 Å². The Labute approximate surface area is 109 Å². The molecule has 0 saturated heterocycles. The van der Waals surface area contributed by atoms with Gasteiger partial charge in [-0.15, -0.1) is 3.89 Å². The third-order valence-corrected chi connectivity index (χ3v) is 3.74. The topological polar surface area (TPSA) is 123 Å². The molecule has 19 heavy (non-hydrogen) atoms. The van der Waals surface area contributed by atoms with Crippen molar-refractivity contribution in [3.05, 3.63) is 33.2 Å². The molecule has 2 N–H and O–H groups in total. The summed E-state index contributed by atoms with van der Waals surface area (Å²) in [6.07, 6.45) is 0. The number of hydrogen-bond donors (Lipinski definition) is 2. The summed E-state index contributed by atoms with van der Waals surface area (Å²) in [5, 5.41) is 21.8. The van der Waals surface area contributed by atoms with E-state index >= 15 is 0 Å². The van der Waals surface area contributed by atoms with E-state index in [0.717, 1.165) is 6.07 Å². The molecule has 0 saturated carbocycles. The van der Waals surface area contributed by atoms with Gasteiger partial charge in [-0.3, -0.25) is 0 Å². The van der Waals surface area contributed by atoms with E-state index < -0.39 is 22.2 Å². The summed E-state index contributed by atoms with van der Waals surface area (Å²) in [7, 11) is -6.96. The zero-order chi connectivity index (χ0) is 14.8. The van der Waals surface area contributed by atoms with Gasteiger partial charge in [0.2, 0.25) is 0 Å². The molecule has 1 aromatic rings. The van der Waals surface area contributed by atoms with Crippen LogP contribution < -0.4 is 5.46 Å². The minimum absolute atomic E-state index is 0.0836. The van der Waals surface area contributed by atoms with Crippen LogP contribution >= 0.6 is 0 Å². The largest absolute Gasteiger partial charge is 0.489 e. The zero-order valence-corrected chi connectivity index (χ0v) is 11.0. The molecule has 0 atom stereocenters. The van der Waals surface area contributed by atoms with E-state index in [4.69, 9.17) is 5.53 Å². The van der Waals surface area contributed by atoms with Crippen LogP contribution in [0.5, 0.6) is 0 Å². The maximum atomic E-state index is 13.2. The number of hydrogen-bond acceptors (Lipinski definition) is 5. The van der Waals surface area contributed by atoms with Gasteiger partial charge >= 0.3 is 17.3 Å². The van der Waals surface area contributed by atoms with Gasteiger partial charge in [0.1, 0.15) is 4.90 Å². The van der Waals surface area contributed by atoms with Crippen LogP contribution in [0, 0.1) is 13.8 Å². The highest BCUT2D eigenvalue weighted by Crippen LogP contribution is 2.21. The van der Waals surface area contributed by atoms with Crippen molar-refractivity contribution in [2.75, 3.05) is 0 Å². The van der Waals surface area contributed by atoms with Gasteiger partial charge in [-0.1, -0.05) is 5.11 Å². The fraction of sp³-hybridized carbons (Fsp3) is 0.333. The van der Waals surface area contributed by atoms with E-state index in [0.29, 0.717) is 5.56 Å². The van der Waals surface area contributed by atoms with Crippen LogP contribution in [-0.4, -0.2) is 25.6 Å². The van der Waals surface area contributed by atoms with Crippen LogP contribution in [0.25, 0.3) is 10.4 Å². The second-order valence-corrected chi connectivity index (χ2v) is 5.21. The van der Waals surface area contributed by atoms with Crippen LogP contribution in [0.4, 0.5) is 3.89 Å². The quantitative estimate of drug-likeness (QED) is 0.274. The van der Waals surface area contributed by atoms with Crippen LogP contribution in [0.15, 0.2) is 16.1 Å². The molecule has 1 aromatic carbocycles. The molecular weight excluding hydrogens is 276 g/mol. The highest BCUT2D eigenvalue weighted by Gasteiger charge is 2.26. The van der Waals surface area contributed by atoms with Crippen molar-refractivity contribution >= 4 is 22.8 Å². The molecule has 0 spiro atoms. The normalized spacial score (nSPS) is 11.0. The van der Waals surface area contributed by atoms with Crippen molar-refractivity contribution in [1.82, 2.24) is 0 Å². The van der Waals surface area contributed by atoms with Gasteiger partial charge in [-0.25, -0.2) is 0 Å². The lowest BCUT2D eigenvalue weighted by Crippen LogP contribution is -2.36. The van der Waals surface area contributed by atoms with Gasteiger partial charge in [-0.05, 0) is 47.6 Å². The summed E-state index contributed by atoms with van der Waals surface area (Å²) in [4.78, 5) is 1.86. The van der Waals surface area contributed by atoms with Crippen molar-refractivity contribution in [3.8, 4) is 0 Å². The van der Waals surface area contributed by atoms with Crippen molar-refractivity contribution in [3.63, 3.8) is 0 Å². The number of halogens is 1. The molecule has 1 rings (SSSR count). The van der Waals surface area contributed by atoms with Crippen LogP contribution in [0.3, 0.4) is 0 Å². The third kappa shape index (κ3) is 3.24. The zero-order valence-electron chi connectivity index (χ0n) is 10.2. The lowest BCUT2D eigenvalue weighted by Gasteiger charge is -2.15. The van der Waals surface area contributed by atoms with Gasteiger partial charge in [-0.2, -0.15) is 8.42 Å². The maximum Gasteiger partial charge on any atom is 0.489 e. The van der Waals surface area contributed by atoms with Crippen molar-refractivity contribution < 1.29 is 22.4 Å². The number of azide groups is 1. The van der Waals surface area contributed by atoms with Crippen molar-refractivity contribution in [1.29, 1.82) is 0 Å². The average molecular weight is 287 g/mol. The second-order valence-electron chi connectivity index (χ2n) is 3.90. The minimum atomic E-state index is -5.01. The van der Waals surface area contributed by atoms with E-state index in [1.54, 1.807) is 0 Å². The monoisotopic (exact) mass is 287 g/mol. The fourth-order valence-electron chi connectivity index (χ4n) is 1.87. The Morgan fingerprint density at radius 2 is 2.00 bits per heavy atom.